The fourth-order valence-electron chi connectivity index (χ4n) is 2.28. The number of carbonyl (C=O) groups is 2. The van der Waals surface area contributed by atoms with Crippen LogP contribution in [-0.4, -0.2) is 33.2 Å². The maximum absolute atomic E-state index is 12.3. The smallest absolute Gasteiger partial charge is 0.338 e. The number of nitrogens with zero attached hydrogens (tertiary/aromatic N) is 3. The summed E-state index contributed by atoms with van der Waals surface area (Å²) in [6.07, 6.45) is 3.81. The van der Waals surface area contributed by atoms with Crippen molar-refractivity contribution in [1.29, 1.82) is 0 Å². The molecule has 0 bridgehead atoms. The highest BCUT2D eigenvalue weighted by Gasteiger charge is 2.09. The summed E-state index contributed by atoms with van der Waals surface area (Å²) in [5.41, 5.74) is 2.38. The number of rotatable bonds is 6. The third kappa shape index (κ3) is 4.13. The van der Waals surface area contributed by atoms with Crippen molar-refractivity contribution in [2.75, 3.05) is 11.9 Å². The maximum atomic E-state index is 12.3. The summed E-state index contributed by atoms with van der Waals surface area (Å²) in [5.74, 6) is -0.607. The zero-order valence-electron chi connectivity index (χ0n) is 14.3. The predicted octanol–water partition coefficient (Wildman–Crippen LogP) is 3.09. The summed E-state index contributed by atoms with van der Waals surface area (Å²) in [4.78, 5) is 28.0. The molecule has 0 saturated heterocycles. The summed E-state index contributed by atoms with van der Waals surface area (Å²) in [5, 5.41) is 6.83. The number of nitrogens with one attached hydrogen (secondary N) is 1. The van der Waals surface area contributed by atoms with Crippen LogP contribution in [0.25, 0.3) is 5.69 Å². The second-order valence-electron chi connectivity index (χ2n) is 5.55. The third-order valence-corrected chi connectivity index (χ3v) is 3.63. The largest absolute Gasteiger partial charge is 0.462 e. The van der Waals surface area contributed by atoms with E-state index in [2.05, 4.69) is 15.4 Å². The number of ether oxygens (including phenoxy) is 1. The van der Waals surface area contributed by atoms with E-state index >= 15 is 0 Å². The minimum atomic E-state index is -0.367. The summed E-state index contributed by atoms with van der Waals surface area (Å²) in [6.45, 7) is 2.33. The monoisotopic (exact) mass is 350 g/mol. The van der Waals surface area contributed by atoms with Crippen LogP contribution in [0.1, 0.15) is 34.1 Å². The molecular formula is C19H18N4O3. The highest BCUT2D eigenvalue weighted by molar-refractivity contribution is 6.04. The number of aromatic nitrogens is 3. The van der Waals surface area contributed by atoms with E-state index in [0.29, 0.717) is 23.4 Å². The van der Waals surface area contributed by atoms with Gasteiger partial charge in [-0.05, 0) is 55.0 Å². The molecule has 0 spiro atoms. The lowest BCUT2D eigenvalue weighted by atomic mass is 10.1. The minimum Gasteiger partial charge on any atom is -0.462 e. The molecule has 3 aromatic rings. The molecule has 7 nitrogen and oxygen atoms in total. The fourth-order valence-corrected chi connectivity index (χ4v) is 2.28. The number of hydrogen-bond acceptors (Lipinski definition) is 5. The summed E-state index contributed by atoms with van der Waals surface area (Å²) in [6, 6.07) is 13.6. The quantitative estimate of drug-likeness (QED) is 0.691. The highest BCUT2D eigenvalue weighted by atomic mass is 16.5. The SMILES string of the molecule is CCCOC(=O)c1ccc(NC(=O)c2ccc(-n3cncn3)cc2)cc1. The molecule has 0 aliphatic carbocycles. The van der Waals surface area contributed by atoms with Crippen LogP contribution in [-0.2, 0) is 4.74 Å². The standard InChI is InChI=1S/C19H18N4O3/c1-2-11-26-19(25)15-3-7-16(8-4-15)22-18(24)14-5-9-17(10-6-14)23-13-20-12-21-23/h3-10,12-13H,2,11H2,1H3,(H,22,24). The van der Waals surface area contributed by atoms with Gasteiger partial charge in [0.25, 0.3) is 5.91 Å². The van der Waals surface area contributed by atoms with E-state index in [1.807, 2.05) is 6.92 Å². The second-order valence-corrected chi connectivity index (χ2v) is 5.55. The van der Waals surface area contributed by atoms with E-state index in [4.69, 9.17) is 4.74 Å². The van der Waals surface area contributed by atoms with Crippen LogP contribution in [0.2, 0.25) is 0 Å². The predicted molar refractivity (Wildman–Crippen MR) is 96.3 cm³/mol. The van der Waals surface area contributed by atoms with Gasteiger partial charge in [-0.15, -0.1) is 0 Å². The average Bonchev–Trinajstić information content (AvgIpc) is 3.21. The number of carbonyl (C=O) groups excluding carboxylic acids is 2. The molecule has 1 amide bonds. The summed E-state index contributed by atoms with van der Waals surface area (Å²) >= 11 is 0. The molecule has 3 rings (SSSR count). The Morgan fingerprint density at radius 1 is 1.04 bits per heavy atom. The Morgan fingerprint density at radius 2 is 1.73 bits per heavy atom. The van der Waals surface area contributed by atoms with E-state index in [1.54, 1.807) is 59.5 Å². The first-order valence-corrected chi connectivity index (χ1v) is 8.21. The zero-order valence-corrected chi connectivity index (χ0v) is 14.3. The van der Waals surface area contributed by atoms with E-state index < -0.39 is 0 Å². The fraction of sp³-hybridized carbons (Fsp3) is 0.158. The van der Waals surface area contributed by atoms with Crippen molar-refractivity contribution < 1.29 is 14.3 Å². The lowest BCUT2D eigenvalue weighted by Gasteiger charge is -2.07. The number of esters is 1. The molecule has 0 aliphatic rings. The van der Waals surface area contributed by atoms with Crippen molar-refractivity contribution in [2.24, 2.45) is 0 Å². The molecule has 0 unspecified atom stereocenters. The van der Waals surface area contributed by atoms with Gasteiger partial charge in [-0.1, -0.05) is 6.92 Å². The lowest BCUT2D eigenvalue weighted by molar-refractivity contribution is 0.0505. The van der Waals surface area contributed by atoms with E-state index in [0.717, 1.165) is 12.1 Å². The first kappa shape index (κ1) is 17.3. The van der Waals surface area contributed by atoms with Gasteiger partial charge in [-0.25, -0.2) is 14.5 Å². The molecule has 2 aromatic carbocycles. The summed E-state index contributed by atoms with van der Waals surface area (Å²) in [7, 11) is 0. The van der Waals surface area contributed by atoms with Gasteiger partial charge in [-0.3, -0.25) is 4.79 Å². The number of hydrogen-bond donors (Lipinski definition) is 1. The third-order valence-electron chi connectivity index (χ3n) is 3.63. The second kappa shape index (κ2) is 8.06. The Morgan fingerprint density at radius 3 is 2.35 bits per heavy atom. The first-order chi connectivity index (χ1) is 12.7. The zero-order chi connectivity index (χ0) is 18.4. The Bertz CT molecular complexity index is 872. The van der Waals surface area contributed by atoms with Crippen molar-refractivity contribution in [3.05, 3.63) is 72.3 Å². The van der Waals surface area contributed by atoms with Crippen LogP contribution in [0, 0.1) is 0 Å². The molecule has 132 valence electrons. The average molecular weight is 350 g/mol. The van der Waals surface area contributed by atoms with Gasteiger partial charge in [0.15, 0.2) is 0 Å². The topological polar surface area (TPSA) is 86.1 Å². The van der Waals surface area contributed by atoms with Gasteiger partial charge in [0.05, 0.1) is 17.9 Å². The van der Waals surface area contributed by atoms with E-state index in [9.17, 15) is 9.59 Å². The van der Waals surface area contributed by atoms with Crippen LogP contribution in [0.3, 0.4) is 0 Å². The molecule has 1 N–H and O–H groups in total. The van der Waals surface area contributed by atoms with Crippen LogP contribution in [0.5, 0.6) is 0 Å². The number of amides is 1. The molecule has 1 heterocycles. The molecule has 0 aliphatic heterocycles. The van der Waals surface area contributed by atoms with Crippen LogP contribution in [0.4, 0.5) is 5.69 Å². The van der Waals surface area contributed by atoms with Gasteiger partial charge in [0.2, 0.25) is 0 Å². The van der Waals surface area contributed by atoms with Crippen molar-refractivity contribution in [2.45, 2.75) is 13.3 Å². The van der Waals surface area contributed by atoms with Crippen LogP contribution >= 0.6 is 0 Å². The molecule has 0 atom stereocenters. The van der Waals surface area contributed by atoms with Crippen molar-refractivity contribution in [1.82, 2.24) is 14.8 Å². The molecule has 7 heteroatoms. The molecule has 0 fully saturated rings. The van der Waals surface area contributed by atoms with E-state index in [-0.39, 0.29) is 11.9 Å². The molecular weight excluding hydrogens is 332 g/mol. The van der Waals surface area contributed by atoms with Crippen molar-refractivity contribution in [3.8, 4) is 5.69 Å². The number of benzene rings is 2. The Hall–Kier alpha value is -3.48. The lowest BCUT2D eigenvalue weighted by Crippen LogP contribution is -2.12. The Balaban J connectivity index is 1.63. The van der Waals surface area contributed by atoms with Gasteiger partial charge in [-0.2, -0.15) is 5.10 Å². The van der Waals surface area contributed by atoms with Gasteiger partial charge in [0.1, 0.15) is 12.7 Å². The van der Waals surface area contributed by atoms with E-state index in [1.165, 1.54) is 6.33 Å². The van der Waals surface area contributed by atoms with Crippen LogP contribution < -0.4 is 5.32 Å². The molecule has 1 aromatic heterocycles. The maximum Gasteiger partial charge on any atom is 0.338 e. The molecule has 26 heavy (non-hydrogen) atoms. The highest BCUT2D eigenvalue weighted by Crippen LogP contribution is 2.14. The van der Waals surface area contributed by atoms with Gasteiger partial charge >= 0.3 is 5.97 Å². The summed E-state index contributed by atoms with van der Waals surface area (Å²) < 4.78 is 6.68. The molecule has 0 radical (unpaired) electrons. The van der Waals surface area contributed by atoms with Crippen molar-refractivity contribution >= 4 is 17.6 Å². The van der Waals surface area contributed by atoms with Gasteiger partial charge < -0.3 is 10.1 Å². The van der Waals surface area contributed by atoms with Crippen molar-refractivity contribution in [3.63, 3.8) is 0 Å². The van der Waals surface area contributed by atoms with Crippen LogP contribution in [0.15, 0.2) is 61.2 Å². The Labute approximate surface area is 150 Å². The van der Waals surface area contributed by atoms with Gasteiger partial charge in [0, 0.05) is 11.3 Å². The normalized spacial score (nSPS) is 10.3. The number of anilines is 1. The minimum absolute atomic E-state index is 0.239. The first-order valence-electron chi connectivity index (χ1n) is 8.21. The molecule has 0 saturated carbocycles. The Kier molecular flexibility index (Phi) is 5.38.